The molecule has 0 spiro atoms. The Morgan fingerprint density at radius 1 is 0.398 bits per heavy atom. The van der Waals surface area contributed by atoms with Crippen LogP contribution in [0, 0.1) is 35.8 Å². The molecule has 4 aromatic heterocycles. The van der Waals surface area contributed by atoms with E-state index >= 15 is 0 Å². The van der Waals surface area contributed by atoms with E-state index in [2.05, 4.69) is 171 Å². The Balaban J connectivity index is 1.01. The maximum absolute atomic E-state index is 14.8. The smallest absolute Gasteiger partial charge is 0.270 e. The van der Waals surface area contributed by atoms with Crippen LogP contribution in [0.1, 0.15) is 239 Å². The summed E-state index contributed by atoms with van der Waals surface area (Å²) in [5.41, 5.74) is 17.1. The van der Waals surface area contributed by atoms with Gasteiger partial charge >= 0.3 is 0 Å². The lowest BCUT2D eigenvalue weighted by Crippen LogP contribution is -2.30. The van der Waals surface area contributed by atoms with Crippen LogP contribution in [-0.2, 0) is 36.5 Å². The number of fused-ring (bicyclic) bond motifs is 12. The van der Waals surface area contributed by atoms with E-state index in [-0.39, 0.29) is 65.3 Å². The van der Waals surface area contributed by atoms with Crippen molar-refractivity contribution in [2.45, 2.75) is 167 Å². The Kier molecular flexibility index (Phi) is 21.9. The number of Topliss-reactive ketones (excluding diaryl/α,β-unsaturated/α-hetero) is 2. The Hall–Kier alpha value is -8.72. The molecule has 108 heavy (non-hydrogen) atoms. The first kappa shape index (κ1) is 74.7. The van der Waals surface area contributed by atoms with Crippen molar-refractivity contribution in [3.63, 3.8) is 0 Å². The summed E-state index contributed by atoms with van der Waals surface area (Å²) in [6.45, 7) is 25.4. The molecule has 0 amide bonds. The second kappa shape index (κ2) is 31.7. The molecular formula is C94H78Cl4N4O2S4. The highest BCUT2D eigenvalue weighted by molar-refractivity contribution is 7.31. The Morgan fingerprint density at radius 3 is 0.972 bits per heavy atom. The zero-order valence-electron chi connectivity index (χ0n) is 60.9. The minimum absolute atomic E-state index is 0.196. The normalized spacial score (nSPS) is 15.8. The summed E-state index contributed by atoms with van der Waals surface area (Å²) in [7, 11) is 0. The largest absolute Gasteiger partial charge is 0.289 e. The van der Waals surface area contributed by atoms with Gasteiger partial charge in [-0.15, -0.1) is 45.3 Å². The molecule has 0 saturated heterocycles. The molecule has 11 aromatic rings. The number of unbranched alkanes of at least 4 members (excludes halogenated alkanes) is 12. The highest BCUT2D eigenvalue weighted by atomic mass is 35.5. The van der Waals surface area contributed by atoms with Crippen LogP contribution in [-0.4, -0.2) is 11.6 Å². The molecule has 538 valence electrons. The van der Waals surface area contributed by atoms with Crippen molar-refractivity contribution in [3.8, 4) is 33.0 Å². The van der Waals surface area contributed by atoms with Crippen LogP contribution in [0.25, 0.3) is 72.7 Å². The summed E-state index contributed by atoms with van der Waals surface area (Å²) >= 11 is 33.4. The molecular weight excluding hydrogens is 1490 g/mol. The number of nitriles is 2. The zero-order valence-corrected chi connectivity index (χ0v) is 67.2. The first-order valence-electron chi connectivity index (χ1n) is 37.9. The van der Waals surface area contributed by atoms with Gasteiger partial charge in [0.05, 0.1) is 65.6 Å². The number of rotatable bonds is 26. The molecule has 4 aliphatic rings. The lowest BCUT2D eigenvalue weighted by Gasteiger charge is -2.36. The molecule has 0 aliphatic heterocycles. The third kappa shape index (κ3) is 13.0. The van der Waals surface area contributed by atoms with E-state index in [0.29, 0.717) is 22.3 Å². The fourth-order valence-corrected chi connectivity index (χ4v) is 23.3. The van der Waals surface area contributed by atoms with Gasteiger partial charge in [0, 0.05) is 73.5 Å². The third-order valence-electron chi connectivity index (χ3n) is 22.5. The molecule has 0 fully saturated rings. The van der Waals surface area contributed by atoms with E-state index in [0.717, 1.165) is 139 Å². The first-order valence-corrected chi connectivity index (χ1v) is 42.7. The van der Waals surface area contributed by atoms with Gasteiger partial charge in [-0.3, -0.25) is 9.59 Å². The second-order valence-electron chi connectivity index (χ2n) is 29.1. The average Bonchev–Trinajstić information content (AvgIpc) is 1.49. The second-order valence-corrected chi connectivity index (χ2v) is 35.0. The molecule has 14 heteroatoms. The van der Waals surface area contributed by atoms with Crippen molar-refractivity contribution >= 4 is 145 Å². The monoisotopic (exact) mass is 1560 g/mol. The van der Waals surface area contributed by atoms with E-state index in [4.69, 9.17) is 59.5 Å². The molecule has 4 heterocycles. The van der Waals surface area contributed by atoms with Gasteiger partial charge in [0.25, 0.3) is 11.4 Å². The predicted octanol–water partition coefficient (Wildman–Crippen LogP) is 28.9. The number of aryl methyl sites for hydroxylation is 4. The number of thiophene rings is 4. The Bertz CT molecular complexity index is 5270. The van der Waals surface area contributed by atoms with Gasteiger partial charge in [0.1, 0.15) is 0 Å². The lowest BCUT2D eigenvalue weighted by atomic mass is 9.65. The van der Waals surface area contributed by atoms with Crippen LogP contribution in [0.2, 0.25) is 20.1 Å². The van der Waals surface area contributed by atoms with Crippen molar-refractivity contribution in [2.24, 2.45) is 0 Å². The van der Waals surface area contributed by atoms with Crippen molar-refractivity contribution in [1.82, 2.24) is 0 Å². The molecule has 4 aliphatic carbocycles. The summed E-state index contributed by atoms with van der Waals surface area (Å²) in [4.78, 5) is 41.0. The quantitative estimate of drug-likeness (QED) is 0.0234. The van der Waals surface area contributed by atoms with Crippen LogP contribution in [0.4, 0.5) is 0 Å². The predicted molar refractivity (Wildman–Crippen MR) is 455 cm³/mol. The molecule has 0 saturated carbocycles. The van der Waals surface area contributed by atoms with Gasteiger partial charge in [-0.25, -0.2) is 20.2 Å². The van der Waals surface area contributed by atoms with Crippen LogP contribution in [0.3, 0.4) is 0 Å². The minimum Gasteiger partial charge on any atom is -0.289 e. The molecule has 0 N–H and O–H groups in total. The Labute approximate surface area is 669 Å². The number of halogens is 4. The lowest BCUT2D eigenvalue weighted by molar-refractivity contribution is 0.103. The summed E-state index contributed by atoms with van der Waals surface area (Å²) < 4.78 is 4.30. The highest BCUT2D eigenvalue weighted by Gasteiger charge is 2.55. The van der Waals surface area contributed by atoms with Crippen molar-refractivity contribution < 1.29 is 9.59 Å². The number of carbonyl (C=O) groups is 2. The van der Waals surface area contributed by atoms with Crippen LogP contribution < -0.4 is 0 Å². The van der Waals surface area contributed by atoms with Gasteiger partial charge in [0.15, 0.2) is 11.6 Å². The van der Waals surface area contributed by atoms with Crippen molar-refractivity contribution in [3.05, 3.63) is 310 Å². The van der Waals surface area contributed by atoms with Crippen LogP contribution >= 0.6 is 91.8 Å². The average molecular weight is 1570 g/mol. The van der Waals surface area contributed by atoms with E-state index in [1.807, 2.05) is 12.2 Å². The van der Waals surface area contributed by atoms with E-state index < -0.39 is 10.8 Å². The Morgan fingerprint density at radius 2 is 0.694 bits per heavy atom. The van der Waals surface area contributed by atoms with Crippen molar-refractivity contribution in [2.75, 3.05) is 0 Å². The summed E-state index contributed by atoms with van der Waals surface area (Å²) in [5, 5.41) is 21.9. The molecule has 7 aromatic carbocycles. The van der Waals surface area contributed by atoms with E-state index in [1.165, 1.54) is 106 Å². The third-order valence-corrected chi connectivity index (χ3v) is 28.7. The molecule has 15 rings (SSSR count). The number of ketones is 2. The van der Waals surface area contributed by atoms with Crippen molar-refractivity contribution in [1.29, 1.82) is 10.5 Å². The maximum Gasteiger partial charge on any atom is 0.270 e. The topological polar surface area (TPSA) is 90.4 Å². The molecule has 0 radical (unpaired) electrons. The maximum atomic E-state index is 14.8. The fourth-order valence-electron chi connectivity index (χ4n) is 17.2. The SMILES string of the molecule is [C-]#[N+]/C(C#N)=C1\C(=C\c2cc3sc4c(c3s2)C(c2ccc(CCCCCC)cc2)(c2ccc(CCCCCC)cc2)c2cc3c(cc2-4)C(c2ccc(CCCCCC)cc2)(c2ccc(CCCCCC)cc2)c2c-3sc3cc(/C=C4\C(=O)c5cc(Cl)c(Cl)cc5\C4=C(\C#N)[N+]#[C-])sc23)C(=O)c2cc(Cl)c(Cl)cc21. The molecule has 0 bridgehead atoms. The van der Waals surface area contributed by atoms with Gasteiger partial charge in [0.2, 0.25) is 0 Å². The number of hydrogen-bond donors (Lipinski definition) is 0. The zero-order chi connectivity index (χ0) is 75.1. The number of nitrogens with zero attached hydrogens (tertiary/aromatic N) is 4. The number of hydrogen-bond acceptors (Lipinski definition) is 8. The summed E-state index contributed by atoms with van der Waals surface area (Å²) in [5.74, 6) is -0.650. The molecule has 0 unspecified atom stereocenters. The summed E-state index contributed by atoms with van der Waals surface area (Å²) in [6, 6.07) is 58.0. The fraction of sp³-hybridized carbons (Fsp3) is 0.277. The van der Waals surface area contributed by atoms with Crippen LogP contribution in [0.15, 0.2) is 168 Å². The van der Waals surface area contributed by atoms with E-state index in [1.54, 1.807) is 69.6 Å². The minimum atomic E-state index is -0.887. The first-order chi connectivity index (χ1) is 52.7. The standard InChI is InChI=1S/C94H78Cl4N4O2S4/c1-7-11-15-19-23-55-27-35-59(36-28-55)93(60-37-29-56(30-38-60)24-20-16-12-8-2)73-47-70-74(48-69(73)89-85(93)91-81(107-89)45-63(105-91)43-71-83(79(53-99)101-5)65-49-75(95)77(97)51-67(65)87(71)103)94(61-39-31-57(32-40-61)25-21-17-13-9-3,62-41-33-58(34-42-62)26-22-18-14-10-4)86-90(70)108-82-46-64(106-92(82)86)44-72-84(80(54-100)102-6)66-50-76(96)78(98)52-68(66)88(72)104/h27-52H,7-26H2,1-4H3/b71-43-,72-44-,83-79-,84-80+. The van der Waals surface area contributed by atoms with E-state index in [9.17, 15) is 20.1 Å². The summed E-state index contributed by atoms with van der Waals surface area (Å²) in [6.07, 6.45) is 26.2. The van der Waals surface area contributed by atoms with Crippen LogP contribution in [0.5, 0.6) is 0 Å². The van der Waals surface area contributed by atoms with Gasteiger partial charge < -0.3 is 0 Å². The van der Waals surface area contributed by atoms with Gasteiger partial charge in [-0.05, 0) is 190 Å². The van der Waals surface area contributed by atoms with Gasteiger partial charge in [-0.2, -0.15) is 0 Å². The number of benzene rings is 7. The molecule has 0 atom stereocenters. The van der Waals surface area contributed by atoms with Gasteiger partial charge in [-0.1, -0.05) is 248 Å². The highest BCUT2D eigenvalue weighted by Crippen LogP contribution is 2.68. The number of carbonyl (C=O) groups excluding carboxylic acids is 2. The molecule has 6 nitrogen and oxygen atoms in total. The number of allylic oxidation sites excluding steroid dienone is 6.